The Labute approximate surface area is 224 Å². The summed E-state index contributed by atoms with van der Waals surface area (Å²) in [5, 5.41) is 3.96. The lowest BCUT2D eigenvalue weighted by atomic mass is 10.1. The van der Waals surface area contributed by atoms with Crippen molar-refractivity contribution >= 4 is 51.8 Å². The van der Waals surface area contributed by atoms with Crippen molar-refractivity contribution < 1.29 is 18.7 Å². The molecule has 0 unspecified atom stereocenters. The van der Waals surface area contributed by atoms with Crippen LogP contribution in [-0.4, -0.2) is 34.6 Å². The molecule has 6 nitrogen and oxygen atoms in total. The highest BCUT2D eigenvalue weighted by atomic mass is 35.5. The third-order valence-electron chi connectivity index (χ3n) is 6.18. The topological polar surface area (TPSA) is 63.6 Å². The van der Waals surface area contributed by atoms with Gasteiger partial charge in [-0.25, -0.2) is 9.18 Å². The highest BCUT2D eigenvalue weighted by Crippen LogP contribution is 2.36. The predicted molar refractivity (Wildman–Crippen MR) is 146 cm³/mol. The molecule has 37 heavy (non-hydrogen) atoms. The van der Waals surface area contributed by atoms with E-state index in [9.17, 15) is 14.0 Å². The zero-order valence-corrected chi connectivity index (χ0v) is 22.2. The van der Waals surface area contributed by atoms with E-state index >= 15 is 0 Å². The van der Waals surface area contributed by atoms with E-state index in [2.05, 4.69) is 5.32 Å². The maximum Gasteiger partial charge on any atom is 0.415 e. The summed E-state index contributed by atoms with van der Waals surface area (Å²) in [7, 11) is 0. The number of fused-ring (bicyclic) bond motifs is 1. The molecular weight excluding hydrogens is 516 g/mol. The first-order chi connectivity index (χ1) is 17.7. The van der Waals surface area contributed by atoms with Gasteiger partial charge in [0.15, 0.2) is 5.75 Å². The fraction of sp³-hybridized carbons (Fsp3) is 0.214. The van der Waals surface area contributed by atoms with E-state index in [0.717, 1.165) is 11.1 Å². The molecule has 0 fully saturated rings. The first kappa shape index (κ1) is 26.5. The number of benzene rings is 3. The number of anilines is 1. The molecule has 9 heteroatoms. The zero-order chi connectivity index (χ0) is 26.7. The molecule has 0 aliphatic heterocycles. The standard InChI is InChI=1S/C28H26Cl2FN3O3/c1-4-33(5-2)28(36)37-23-13-12-22-19(14-15-34(22)16-18-8-6-7-9-20(18)29)26(23)32-27(35)24-21(30)11-10-17(3)25(24)31/h6-15H,4-5,16H2,1-3H3,(H,32,35). The number of aryl methyl sites for hydroxylation is 1. The molecule has 0 aliphatic carbocycles. The van der Waals surface area contributed by atoms with Gasteiger partial charge in [-0.05, 0) is 62.2 Å². The number of carbonyl (C=O) groups excluding carboxylic acids is 2. The first-order valence-corrected chi connectivity index (χ1v) is 12.6. The number of rotatable bonds is 7. The molecular formula is C28H26Cl2FN3O3. The second-order valence-corrected chi connectivity index (χ2v) is 9.27. The molecule has 0 radical (unpaired) electrons. The van der Waals surface area contributed by atoms with Crippen LogP contribution in [0, 0.1) is 12.7 Å². The number of ether oxygens (including phenoxy) is 1. The van der Waals surface area contributed by atoms with E-state index in [1.165, 1.54) is 17.0 Å². The molecule has 0 saturated heterocycles. The van der Waals surface area contributed by atoms with Crippen LogP contribution in [0.25, 0.3) is 10.9 Å². The van der Waals surface area contributed by atoms with Gasteiger partial charge in [0, 0.05) is 36.2 Å². The van der Waals surface area contributed by atoms with Gasteiger partial charge in [0.05, 0.1) is 21.8 Å². The van der Waals surface area contributed by atoms with Gasteiger partial charge in [-0.3, -0.25) is 4.79 Å². The normalized spacial score (nSPS) is 11.0. The molecule has 1 heterocycles. The third kappa shape index (κ3) is 5.43. The van der Waals surface area contributed by atoms with E-state index in [1.807, 2.05) is 48.9 Å². The van der Waals surface area contributed by atoms with Crippen LogP contribution in [0.15, 0.2) is 60.8 Å². The molecule has 2 amide bonds. The van der Waals surface area contributed by atoms with E-state index in [-0.39, 0.29) is 27.6 Å². The van der Waals surface area contributed by atoms with Crippen molar-refractivity contribution in [2.45, 2.75) is 27.3 Å². The van der Waals surface area contributed by atoms with Crippen molar-refractivity contribution in [2.75, 3.05) is 18.4 Å². The van der Waals surface area contributed by atoms with Crippen LogP contribution in [0.4, 0.5) is 14.9 Å². The van der Waals surface area contributed by atoms with Gasteiger partial charge in [0.2, 0.25) is 0 Å². The number of aromatic nitrogens is 1. The number of amides is 2. The van der Waals surface area contributed by atoms with Crippen LogP contribution in [0.5, 0.6) is 5.75 Å². The number of halogens is 3. The van der Waals surface area contributed by atoms with Crippen molar-refractivity contribution in [1.29, 1.82) is 0 Å². The van der Waals surface area contributed by atoms with Crippen LogP contribution in [-0.2, 0) is 6.54 Å². The Morgan fingerprint density at radius 1 is 1.00 bits per heavy atom. The highest BCUT2D eigenvalue weighted by Gasteiger charge is 2.23. The smallest absolute Gasteiger partial charge is 0.408 e. The molecule has 0 atom stereocenters. The third-order valence-corrected chi connectivity index (χ3v) is 6.87. The number of carbonyl (C=O) groups is 2. The monoisotopic (exact) mass is 541 g/mol. The molecule has 192 valence electrons. The summed E-state index contributed by atoms with van der Waals surface area (Å²) >= 11 is 12.5. The minimum atomic E-state index is -0.752. The largest absolute Gasteiger partial charge is 0.415 e. The minimum Gasteiger partial charge on any atom is -0.408 e. The lowest BCUT2D eigenvalue weighted by Crippen LogP contribution is -2.33. The second kappa shape index (κ2) is 11.2. The average molecular weight is 542 g/mol. The van der Waals surface area contributed by atoms with Crippen LogP contribution in [0.2, 0.25) is 10.0 Å². The van der Waals surface area contributed by atoms with Gasteiger partial charge in [-0.2, -0.15) is 0 Å². The maximum absolute atomic E-state index is 14.9. The van der Waals surface area contributed by atoms with Crippen LogP contribution >= 0.6 is 23.2 Å². The van der Waals surface area contributed by atoms with Crippen molar-refractivity contribution in [2.24, 2.45) is 0 Å². The van der Waals surface area contributed by atoms with Gasteiger partial charge in [-0.15, -0.1) is 0 Å². The molecule has 0 spiro atoms. The van der Waals surface area contributed by atoms with Crippen LogP contribution in [0.1, 0.15) is 35.3 Å². The summed E-state index contributed by atoms with van der Waals surface area (Å²) < 4.78 is 22.5. The van der Waals surface area contributed by atoms with Gasteiger partial charge in [0.1, 0.15) is 5.82 Å². The van der Waals surface area contributed by atoms with E-state index in [1.54, 1.807) is 25.1 Å². The van der Waals surface area contributed by atoms with Gasteiger partial charge >= 0.3 is 6.09 Å². The zero-order valence-electron chi connectivity index (χ0n) is 20.6. The Balaban J connectivity index is 1.79. The Bertz CT molecular complexity index is 1480. The van der Waals surface area contributed by atoms with E-state index in [4.69, 9.17) is 27.9 Å². The predicted octanol–water partition coefficient (Wildman–Crippen LogP) is 7.54. The molecule has 1 aromatic heterocycles. The van der Waals surface area contributed by atoms with Crippen molar-refractivity contribution in [3.05, 3.63) is 93.3 Å². The number of hydrogen-bond acceptors (Lipinski definition) is 3. The second-order valence-electron chi connectivity index (χ2n) is 8.45. The summed E-state index contributed by atoms with van der Waals surface area (Å²) in [6.45, 7) is 6.62. The number of hydrogen-bond donors (Lipinski definition) is 1. The van der Waals surface area contributed by atoms with Gasteiger partial charge in [-0.1, -0.05) is 47.5 Å². The summed E-state index contributed by atoms with van der Waals surface area (Å²) in [6.07, 6.45) is 1.29. The van der Waals surface area contributed by atoms with Gasteiger partial charge in [0.25, 0.3) is 5.91 Å². The minimum absolute atomic E-state index is 0.0225. The molecule has 4 aromatic rings. The summed E-state index contributed by atoms with van der Waals surface area (Å²) in [6, 6.07) is 15.7. The average Bonchev–Trinajstić information content (AvgIpc) is 3.28. The molecule has 3 aromatic carbocycles. The van der Waals surface area contributed by atoms with Crippen molar-refractivity contribution in [3.63, 3.8) is 0 Å². The fourth-order valence-corrected chi connectivity index (χ4v) is 4.52. The van der Waals surface area contributed by atoms with Crippen molar-refractivity contribution in [3.8, 4) is 5.75 Å². The molecule has 4 rings (SSSR count). The Morgan fingerprint density at radius 2 is 1.73 bits per heavy atom. The van der Waals surface area contributed by atoms with E-state index in [0.29, 0.717) is 30.0 Å². The molecule has 1 N–H and O–H groups in total. The highest BCUT2D eigenvalue weighted by molar-refractivity contribution is 6.34. The van der Waals surface area contributed by atoms with E-state index < -0.39 is 17.8 Å². The summed E-state index contributed by atoms with van der Waals surface area (Å²) in [5.41, 5.74) is 1.91. The molecule has 0 aliphatic rings. The van der Waals surface area contributed by atoms with Gasteiger partial charge < -0.3 is 19.5 Å². The Kier molecular flexibility index (Phi) is 8.05. The summed E-state index contributed by atoms with van der Waals surface area (Å²) in [5.74, 6) is -1.33. The fourth-order valence-electron chi connectivity index (χ4n) is 4.10. The summed E-state index contributed by atoms with van der Waals surface area (Å²) in [4.78, 5) is 27.5. The lowest BCUT2D eigenvalue weighted by Gasteiger charge is -2.20. The molecule has 0 bridgehead atoms. The van der Waals surface area contributed by atoms with Crippen molar-refractivity contribution in [1.82, 2.24) is 9.47 Å². The maximum atomic E-state index is 14.9. The molecule has 0 saturated carbocycles. The van der Waals surface area contributed by atoms with Crippen LogP contribution in [0.3, 0.4) is 0 Å². The lowest BCUT2D eigenvalue weighted by molar-refractivity contribution is 0.102. The van der Waals surface area contributed by atoms with Crippen LogP contribution < -0.4 is 10.1 Å². The quantitative estimate of drug-likeness (QED) is 0.263. The SMILES string of the molecule is CCN(CC)C(=O)Oc1ccc2c(ccn2Cc2ccccc2Cl)c1NC(=O)c1c(Cl)ccc(C)c1F. The number of nitrogens with one attached hydrogen (secondary N) is 1. The number of nitrogens with zero attached hydrogens (tertiary/aromatic N) is 2. The Hall–Kier alpha value is -3.55. The first-order valence-electron chi connectivity index (χ1n) is 11.8. The Morgan fingerprint density at radius 3 is 2.43 bits per heavy atom.